The quantitative estimate of drug-likeness (QED) is 0.562. The minimum atomic E-state index is 0.229. The minimum Gasteiger partial charge on any atom is -0.358 e. The van der Waals surface area contributed by atoms with Crippen LogP contribution in [0.1, 0.15) is 27.7 Å². The topological polar surface area (TPSA) is 15.6 Å². The highest BCUT2D eigenvalue weighted by atomic mass is 15.2. The average Bonchev–Trinajstić information content (AvgIpc) is 2.31. The summed E-state index contributed by atoms with van der Waals surface area (Å²) >= 11 is 0. The van der Waals surface area contributed by atoms with Crippen molar-refractivity contribution in [3.63, 3.8) is 0 Å². The van der Waals surface area contributed by atoms with Crippen LogP contribution in [-0.4, -0.2) is 30.4 Å². The molecule has 1 rings (SSSR count). The Kier molecular flexibility index (Phi) is 2.21. The number of hydrogen-bond donors (Lipinski definition) is 0. The van der Waals surface area contributed by atoms with Crippen LogP contribution in [0.4, 0.5) is 0 Å². The summed E-state index contributed by atoms with van der Waals surface area (Å²) in [5, 5.41) is 0. The number of rotatable bonds is 1. The lowest BCUT2D eigenvalue weighted by atomic mass is 9.94. The Hall–Kier alpha value is -0.530. The van der Waals surface area contributed by atoms with E-state index in [0.29, 0.717) is 0 Å². The first kappa shape index (κ1) is 8.57. The molecule has 0 aliphatic carbocycles. The molecule has 64 valence electrons. The van der Waals surface area contributed by atoms with E-state index in [2.05, 4.69) is 37.6 Å². The van der Waals surface area contributed by atoms with Crippen LogP contribution in [0.3, 0.4) is 0 Å². The second-order valence-electron chi connectivity index (χ2n) is 4.03. The average molecular weight is 154 g/mol. The van der Waals surface area contributed by atoms with Crippen LogP contribution >= 0.6 is 0 Å². The largest absolute Gasteiger partial charge is 0.358 e. The first-order valence-corrected chi connectivity index (χ1v) is 4.35. The zero-order chi connectivity index (χ0) is 8.48. The Morgan fingerprint density at radius 1 is 1.45 bits per heavy atom. The number of hydrogen-bond acceptors (Lipinski definition) is 2. The lowest BCUT2D eigenvalue weighted by molar-refractivity contribution is 0.422. The third-order valence-electron chi connectivity index (χ3n) is 1.98. The molecular weight excluding hydrogens is 136 g/mol. The van der Waals surface area contributed by atoms with E-state index in [1.54, 1.807) is 0 Å². The fraction of sp³-hybridized carbons (Fsp3) is 0.889. The molecule has 0 fully saturated rings. The van der Waals surface area contributed by atoms with Gasteiger partial charge in [-0.05, 0) is 6.92 Å². The Bertz CT molecular complexity index is 165. The van der Waals surface area contributed by atoms with Crippen molar-refractivity contribution in [2.24, 2.45) is 10.4 Å². The predicted octanol–water partition coefficient (Wildman–Crippen LogP) is 1.77. The smallest absolute Gasteiger partial charge is 0.104 e. The van der Waals surface area contributed by atoms with Crippen molar-refractivity contribution in [2.75, 3.05) is 19.6 Å². The molecule has 0 unspecified atom stereocenters. The summed E-state index contributed by atoms with van der Waals surface area (Å²) in [5.41, 5.74) is 0.229. The van der Waals surface area contributed by atoms with Gasteiger partial charge in [-0.25, -0.2) is 0 Å². The minimum absolute atomic E-state index is 0.229. The van der Waals surface area contributed by atoms with Crippen molar-refractivity contribution in [3.05, 3.63) is 0 Å². The lowest BCUT2D eigenvalue weighted by Crippen LogP contribution is -2.36. The summed E-state index contributed by atoms with van der Waals surface area (Å²) < 4.78 is 0. The summed E-state index contributed by atoms with van der Waals surface area (Å²) in [6.07, 6.45) is 0. The zero-order valence-corrected chi connectivity index (χ0v) is 8.02. The Balaban J connectivity index is 2.71. The van der Waals surface area contributed by atoms with Crippen LogP contribution in [0, 0.1) is 5.41 Å². The molecule has 0 saturated heterocycles. The van der Waals surface area contributed by atoms with Crippen LogP contribution in [-0.2, 0) is 0 Å². The lowest BCUT2D eigenvalue weighted by Gasteiger charge is -2.27. The zero-order valence-electron chi connectivity index (χ0n) is 8.02. The standard InChI is InChI=1S/C9H18N2/c1-5-11-7-6-10-8(11)9(2,3)4/h5-7H2,1-4H3. The van der Waals surface area contributed by atoms with Crippen molar-refractivity contribution in [3.8, 4) is 0 Å². The van der Waals surface area contributed by atoms with Gasteiger partial charge in [0.2, 0.25) is 0 Å². The van der Waals surface area contributed by atoms with Gasteiger partial charge in [-0.1, -0.05) is 20.8 Å². The van der Waals surface area contributed by atoms with Gasteiger partial charge in [0.15, 0.2) is 0 Å². The Morgan fingerprint density at radius 2 is 2.09 bits per heavy atom. The fourth-order valence-electron chi connectivity index (χ4n) is 1.50. The summed E-state index contributed by atoms with van der Waals surface area (Å²) in [7, 11) is 0. The number of nitrogens with zero attached hydrogens (tertiary/aromatic N) is 2. The monoisotopic (exact) mass is 154 g/mol. The molecule has 2 nitrogen and oxygen atoms in total. The summed E-state index contributed by atoms with van der Waals surface area (Å²) in [6, 6.07) is 0. The third-order valence-corrected chi connectivity index (χ3v) is 1.98. The molecule has 1 aliphatic rings. The normalized spacial score (nSPS) is 18.9. The van der Waals surface area contributed by atoms with Gasteiger partial charge in [0.25, 0.3) is 0 Å². The first-order valence-electron chi connectivity index (χ1n) is 4.35. The third kappa shape index (κ3) is 1.73. The van der Waals surface area contributed by atoms with E-state index in [1.807, 2.05) is 0 Å². The van der Waals surface area contributed by atoms with E-state index in [-0.39, 0.29) is 5.41 Å². The van der Waals surface area contributed by atoms with Gasteiger partial charge in [-0.3, -0.25) is 4.99 Å². The van der Waals surface area contributed by atoms with Crippen LogP contribution in [0.15, 0.2) is 4.99 Å². The van der Waals surface area contributed by atoms with Gasteiger partial charge < -0.3 is 4.90 Å². The highest BCUT2D eigenvalue weighted by Crippen LogP contribution is 2.21. The van der Waals surface area contributed by atoms with Crippen molar-refractivity contribution < 1.29 is 0 Å². The maximum absolute atomic E-state index is 4.50. The van der Waals surface area contributed by atoms with E-state index in [4.69, 9.17) is 0 Å². The first-order chi connectivity index (χ1) is 5.05. The molecule has 2 heteroatoms. The van der Waals surface area contributed by atoms with E-state index < -0.39 is 0 Å². The van der Waals surface area contributed by atoms with Gasteiger partial charge >= 0.3 is 0 Å². The summed E-state index contributed by atoms with van der Waals surface area (Å²) in [6.45, 7) is 12.0. The molecule has 0 atom stereocenters. The van der Waals surface area contributed by atoms with E-state index in [0.717, 1.165) is 19.6 Å². The predicted molar refractivity (Wildman–Crippen MR) is 49.0 cm³/mol. The Labute approximate surface area is 69.3 Å². The molecule has 1 heterocycles. The van der Waals surface area contributed by atoms with Crippen LogP contribution in [0.5, 0.6) is 0 Å². The molecule has 0 amide bonds. The van der Waals surface area contributed by atoms with Crippen LogP contribution in [0.2, 0.25) is 0 Å². The molecule has 0 spiro atoms. The van der Waals surface area contributed by atoms with Gasteiger partial charge in [-0.2, -0.15) is 0 Å². The van der Waals surface area contributed by atoms with Crippen molar-refractivity contribution in [2.45, 2.75) is 27.7 Å². The maximum Gasteiger partial charge on any atom is 0.104 e. The van der Waals surface area contributed by atoms with E-state index in [9.17, 15) is 0 Å². The number of amidine groups is 1. The van der Waals surface area contributed by atoms with Gasteiger partial charge in [0.1, 0.15) is 5.84 Å². The molecule has 0 bridgehead atoms. The molecule has 0 aromatic heterocycles. The Morgan fingerprint density at radius 3 is 2.45 bits per heavy atom. The molecule has 0 radical (unpaired) electrons. The molecule has 1 aliphatic heterocycles. The second kappa shape index (κ2) is 2.84. The molecule has 11 heavy (non-hydrogen) atoms. The van der Waals surface area contributed by atoms with Crippen LogP contribution < -0.4 is 0 Å². The van der Waals surface area contributed by atoms with Crippen molar-refractivity contribution >= 4 is 5.84 Å². The van der Waals surface area contributed by atoms with Crippen LogP contribution in [0.25, 0.3) is 0 Å². The van der Waals surface area contributed by atoms with Gasteiger partial charge in [0, 0.05) is 18.5 Å². The van der Waals surface area contributed by atoms with Gasteiger partial charge in [-0.15, -0.1) is 0 Å². The molecular formula is C9H18N2. The van der Waals surface area contributed by atoms with Crippen molar-refractivity contribution in [1.82, 2.24) is 4.90 Å². The van der Waals surface area contributed by atoms with E-state index in [1.165, 1.54) is 5.84 Å². The molecule has 0 aromatic rings. The highest BCUT2D eigenvalue weighted by molar-refractivity contribution is 5.88. The number of likely N-dealkylation sites (N-methyl/N-ethyl adjacent to an activating group) is 1. The maximum atomic E-state index is 4.50. The fourth-order valence-corrected chi connectivity index (χ4v) is 1.50. The van der Waals surface area contributed by atoms with Gasteiger partial charge in [0.05, 0.1) is 6.54 Å². The van der Waals surface area contributed by atoms with Crippen molar-refractivity contribution in [1.29, 1.82) is 0 Å². The SMILES string of the molecule is CCN1CCN=C1C(C)(C)C. The summed E-state index contributed by atoms with van der Waals surface area (Å²) in [5.74, 6) is 1.28. The summed E-state index contributed by atoms with van der Waals surface area (Å²) in [4.78, 5) is 6.86. The van der Waals surface area contributed by atoms with E-state index >= 15 is 0 Å². The molecule has 0 N–H and O–H groups in total. The number of aliphatic imine (C=N–C) groups is 1. The molecule has 0 aromatic carbocycles. The molecule has 0 saturated carbocycles. The highest BCUT2D eigenvalue weighted by Gasteiger charge is 2.26. The second-order valence-corrected chi connectivity index (χ2v) is 4.03.